The van der Waals surface area contributed by atoms with Crippen molar-refractivity contribution in [3.05, 3.63) is 47.7 Å². The monoisotopic (exact) mass is 379 g/mol. The molecular weight excluding hydrogens is 363 g/mol. The average molecular weight is 379 g/mol. The van der Waals surface area contributed by atoms with E-state index in [4.69, 9.17) is 0 Å². The summed E-state index contributed by atoms with van der Waals surface area (Å²) in [6.07, 6.45) is -3.64. The standard InChI is InChI=1S/C17H16F3N5S/c1-3-9-25-15(12-6-4-5-11(2)10-12)23-24-16(25)26-14-8-7-13(21-22-14)17(18,19)20/h4-8,10H,3,9H2,1-2H3. The maximum Gasteiger partial charge on any atom is 0.435 e. The second-order valence-electron chi connectivity index (χ2n) is 5.68. The molecule has 1 aromatic carbocycles. The van der Waals surface area contributed by atoms with Gasteiger partial charge in [-0.15, -0.1) is 20.4 Å². The minimum atomic E-state index is -4.50. The summed E-state index contributed by atoms with van der Waals surface area (Å²) < 4.78 is 39.7. The third kappa shape index (κ3) is 4.04. The van der Waals surface area contributed by atoms with Crippen LogP contribution in [0.25, 0.3) is 11.4 Å². The summed E-state index contributed by atoms with van der Waals surface area (Å²) in [5.41, 5.74) is 1.03. The lowest BCUT2D eigenvalue weighted by Crippen LogP contribution is -2.09. The quantitative estimate of drug-likeness (QED) is 0.647. The predicted octanol–water partition coefficient (Wildman–Crippen LogP) is 4.62. The van der Waals surface area contributed by atoms with E-state index in [-0.39, 0.29) is 0 Å². The number of benzene rings is 1. The van der Waals surface area contributed by atoms with Gasteiger partial charge in [-0.25, -0.2) is 0 Å². The number of aryl methyl sites for hydroxylation is 1. The molecule has 0 saturated carbocycles. The predicted molar refractivity (Wildman–Crippen MR) is 91.6 cm³/mol. The number of hydrogen-bond donors (Lipinski definition) is 0. The highest BCUT2D eigenvalue weighted by Crippen LogP contribution is 2.31. The van der Waals surface area contributed by atoms with Gasteiger partial charge in [-0.1, -0.05) is 30.7 Å². The van der Waals surface area contributed by atoms with Crippen molar-refractivity contribution in [2.75, 3.05) is 0 Å². The zero-order valence-electron chi connectivity index (χ0n) is 14.2. The van der Waals surface area contributed by atoms with Crippen LogP contribution in [0.1, 0.15) is 24.6 Å². The summed E-state index contributed by atoms with van der Waals surface area (Å²) in [6.45, 7) is 4.72. The molecule has 2 heterocycles. The summed E-state index contributed by atoms with van der Waals surface area (Å²) in [6, 6.07) is 10.1. The number of nitrogens with zero attached hydrogens (tertiary/aromatic N) is 5. The molecule has 0 fully saturated rings. The molecule has 26 heavy (non-hydrogen) atoms. The molecule has 136 valence electrons. The van der Waals surface area contributed by atoms with Crippen LogP contribution in [0.3, 0.4) is 0 Å². The van der Waals surface area contributed by atoms with Crippen LogP contribution in [-0.4, -0.2) is 25.0 Å². The van der Waals surface area contributed by atoms with Gasteiger partial charge in [0.15, 0.2) is 16.7 Å². The van der Waals surface area contributed by atoms with Gasteiger partial charge in [0.05, 0.1) is 0 Å². The highest BCUT2D eigenvalue weighted by Gasteiger charge is 2.33. The van der Waals surface area contributed by atoms with E-state index in [1.165, 1.54) is 6.07 Å². The fraction of sp³-hybridized carbons (Fsp3) is 0.294. The van der Waals surface area contributed by atoms with Crippen molar-refractivity contribution in [3.63, 3.8) is 0 Å². The third-order valence-corrected chi connectivity index (χ3v) is 4.48. The fourth-order valence-electron chi connectivity index (χ4n) is 2.41. The van der Waals surface area contributed by atoms with Gasteiger partial charge in [-0.05, 0) is 43.3 Å². The summed E-state index contributed by atoms with van der Waals surface area (Å²) in [4.78, 5) is 0. The Labute approximate surface area is 152 Å². The lowest BCUT2D eigenvalue weighted by atomic mass is 10.1. The molecule has 0 radical (unpaired) electrons. The molecule has 3 aromatic rings. The second kappa shape index (κ2) is 7.45. The van der Waals surface area contributed by atoms with Gasteiger partial charge in [-0.2, -0.15) is 13.2 Å². The van der Waals surface area contributed by atoms with E-state index in [1.807, 2.05) is 42.7 Å². The van der Waals surface area contributed by atoms with E-state index >= 15 is 0 Å². The Morgan fingerprint density at radius 2 is 1.85 bits per heavy atom. The van der Waals surface area contributed by atoms with Crippen LogP contribution in [0.15, 0.2) is 46.6 Å². The van der Waals surface area contributed by atoms with E-state index in [2.05, 4.69) is 20.4 Å². The topological polar surface area (TPSA) is 56.5 Å². The van der Waals surface area contributed by atoms with Crippen molar-refractivity contribution < 1.29 is 13.2 Å². The average Bonchev–Trinajstić information content (AvgIpc) is 2.98. The van der Waals surface area contributed by atoms with Crippen LogP contribution in [0.2, 0.25) is 0 Å². The SMILES string of the molecule is CCCn1c(Sc2ccc(C(F)(F)F)nn2)nnc1-c1cccc(C)c1. The molecule has 0 saturated heterocycles. The molecule has 0 unspecified atom stereocenters. The minimum absolute atomic E-state index is 0.332. The van der Waals surface area contributed by atoms with Gasteiger partial charge >= 0.3 is 6.18 Å². The van der Waals surface area contributed by atoms with E-state index in [0.29, 0.717) is 16.7 Å². The normalized spacial score (nSPS) is 11.7. The molecule has 0 aliphatic carbocycles. The van der Waals surface area contributed by atoms with Crippen molar-refractivity contribution in [1.82, 2.24) is 25.0 Å². The first kappa shape index (κ1) is 18.4. The Kier molecular flexibility index (Phi) is 5.26. The smallest absolute Gasteiger partial charge is 0.302 e. The van der Waals surface area contributed by atoms with Crippen LogP contribution < -0.4 is 0 Å². The first-order valence-corrected chi connectivity index (χ1v) is 8.79. The minimum Gasteiger partial charge on any atom is -0.302 e. The Balaban J connectivity index is 1.91. The molecule has 0 amide bonds. The summed E-state index contributed by atoms with van der Waals surface area (Å²) >= 11 is 1.14. The summed E-state index contributed by atoms with van der Waals surface area (Å²) in [7, 11) is 0. The van der Waals surface area contributed by atoms with Crippen LogP contribution >= 0.6 is 11.8 Å². The number of aromatic nitrogens is 5. The van der Waals surface area contributed by atoms with Crippen molar-refractivity contribution >= 4 is 11.8 Å². The molecule has 0 N–H and O–H groups in total. The van der Waals surface area contributed by atoms with E-state index in [9.17, 15) is 13.2 Å². The molecule has 5 nitrogen and oxygen atoms in total. The zero-order chi connectivity index (χ0) is 18.7. The first-order valence-electron chi connectivity index (χ1n) is 7.97. The van der Waals surface area contributed by atoms with Gasteiger partial charge < -0.3 is 4.57 Å². The van der Waals surface area contributed by atoms with E-state index in [1.54, 1.807) is 0 Å². The van der Waals surface area contributed by atoms with E-state index < -0.39 is 11.9 Å². The van der Waals surface area contributed by atoms with Crippen molar-refractivity contribution in [2.45, 2.75) is 43.2 Å². The van der Waals surface area contributed by atoms with Crippen LogP contribution in [-0.2, 0) is 12.7 Å². The largest absolute Gasteiger partial charge is 0.435 e. The van der Waals surface area contributed by atoms with Crippen LogP contribution in [0.4, 0.5) is 13.2 Å². The maximum atomic E-state index is 12.6. The molecule has 0 aliphatic rings. The maximum absolute atomic E-state index is 12.6. The van der Waals surface area contributed by atoms with Crippen LogP contribution in [0, 0.1) is 6.92 Å². The highest BCUT2D eigenvalue weighted by atomic mass is 32.2. The van der Waals surface area contributed by atoms with Crippen molar-refractivity contribution in [3.8, 4) is 11.4 Å². The molecular formula is C17H16F3N5S. The zero-order valence-corrected chi connectivity index (χ0v) is 15.0. The number of alkyl halides is 3. The number of rotatable bonds is 5. The number of halogens is 3. The van der Waals surface area contributed by atoms with E-state index in [0.717, 1.165) is 41.2 Å². The Morgan fingerprint density at radius 3 is 2.46 bits per heavy atom. The fourth-order valence-corrected chi connectivity index (χ4v) is 3.18. The number of hydrogen-bond acceptors (Lipinski definition) is 5. The molecule has 0 bridgehead atoms. The molecule has 0 aliphatic heterocycles. The highest BCUT2D eigenvalue weighted by molar-refractivity contribution is 7.99. The van der Waals surface area contributed by atoms with Gasteiger partial charge in [0, 0.05) is 12.1 Å². The Bertz CT molecular complexity index is 890. The third-order valence-electron chi connectivity index (χ3n) is 3.57. The molecule has 0 atom stereocenters. The van der Waals surface area contributed by atoms with Crippen LogP contribution in [0.5, 0.6) is 0 Å². The summed E-state index contributed by atoms with van der Waals surface area (Å²) in [5, 5.41) is 16.2. The first-order chi connectivity index (χ1) is 12.4. The van der Waals surface area contributed by atoms with Gasteiger partial charge in [0.2, 0.25) is 0 Å². The molecule has 3 rings (SSSR count). The lowest BCUT2D eigenvalue weighted by molar-refractivity contribution is -0.141. The lowest BCUT2D eigenvalue weighted by Gasteiger charge is -2.09. The van der Waals surface area contributed by atoms with Crippen molar-refractivity contribution in [2.24, 2.45) is 0 Å². The Morgan fingerprint density at radius 1 is 1.04 bits per heavy atom. The Hall–Kier alpha value is -2.42. The van der Waals surface area contributed by atoms with Gasteiger partial charge in [-0.3, -0.25) is 0 Å². The summed E-state index contributed by atoms with van der Waals surface area (Å²) in [5.74, 6) is 0.720. The molecule has 9 heteroatoms. The molecule has 0 spiro atoms. The van der Waals surface area contributed by atoms with Crippen molar-refractivity contribution in [1.29, 1.82) is 0 Å². The van der Waals surface area contributed by atoms with Gasteiger partial charge in [0.25, 0.3) is 0 Å². The molecule has 2 aromatic heterocycles. The second-order valence-corrected chi connectivity index (χ2v) is 6.67. The van der Waals surface area contributed by atoms with Gasteiger partial charge in [0.1, 0.15) is 5.03 Å².